The molecule has 166 valence electrons. The van der Waals surface area contributed by atoms with E-state index in [1.807, 2.05) is 42.5 Å². The Morgan fingerprint density at radius 2 is 1.73 bits per heavy atom. The average molecular weight is 457 g/mol. The molecule has 0 saturated heterocycles. The molecule has 2 aliphatic heterocycles. The average Bonchev–Trinajstić information content (AvgIpc) is 2.83. The summed E-state index contributed by atoms with van der Waals surface area (Å²) < 4.78 is 0. The molecule has 0 fully saturated rings. The van der Waals surface area contributed by atoms with Gasteiger partial charge in [-0.3, -0.25) is 9.59 Å². The van der Waals surface area contributed by atoms with Crippen molar-refractivity contribution in [3.8, 4) is 6.07 Å². The van der Waals surface area contributed by atoms with Crippen LogP contribution >= 0.6 is 12.6 Å². The summed E-state index contributed by atoms with van der Waals surface area (Å²) in [6.45, 7) is 0.269. The van der Waals surface area contributed by atoms with Gasteiger partial charge in [0.05, 0.1) is 11.6 Å². The first-order valence-corrected chi connectivity index (χ1v) is 11.2. The maximum atomic E-state index is 13.3. The molecule has 2 amide bonds. The van der Waals surface area contributed by atoms with Gasteiger partial charge in [-0.05, 0) is 72.0 Å². The van der Waals surface area contributed by atoms with Crippen molar-refractivity contribution in [2.45, 2.75) is 36.7 Å². The van der Waals surface area contributed by atoms with E-state index in [0.29, 0.717) is 17.7 Å². The highest BCUT2D eigenvalue weighted by Gasteiger charge is 2.21. The lowest BCUT2D eigenvalue weighted by Gasteiger charge is -2.21. The molecule has 0 aliphatic carbocycles. The zero-order valence-electron chi connectivity index (χ0n) is 18.0. The molecule has 3 N–H and O–H groups in total. The molecular formula is C26H24N4O2S. The minimum atomic E-state index is -0.619. The van der Waals surface area contributed by atoms with Crippen LogP contribution in [-0.2, 0) is 22.6 Å². The summed E-state index contributed by atoms with van der Waals surface area (Å²) in [5.74, 6) is -0.228. The highest BCUT2D eigenvalue weighted by atomic mass is 32.1. The third kappa shape index (κ3) is 5.73. The van der Waals surface area contributed by atoms with Gasteiger partial charge in [-0.2, -0.15) is 5.26 Å². The molecule has 3 aromatic rings. The van der Waals surface area contributed by atoms with E-state index < -0.39 is 6.04 Å². The van der Waals surface area contributed by atoms with Gasteiger partial charge in [0.25, 0.3) is 0 Å². The second kappa shape index (κ2) is 10.2. The number of nitrogens with one attached hydrogen (secondary N) is 3. The van der Waals surface area contributed by atoms with Gasteiger partial charge >= 0.3 is 0 Å². The quantitative estimate of drug-likeness (QED) is 0.424. The largest absolute Gasteiger partial charge is 0.370 e. The summed E-state index contributed by atoms with van der Waals surface area (Å²) >= 11 is 4.50. The standard InChI is InChI=1S/C26H24N4O2S/c27-15-18-6-10-21(11-7-18)30-25-19-8-4-17(5-9-19)2-1-3-24(31)29-22-12-13-23(33)20(14-22)16-28-26(25)32/h4-14,25,30,33H,1-3,16H2,(H,28,32)(H,29,31)/t25-/m1/s1. The first kappa shape index (κ1) is 22.4. The Kier molecular flexibility index (Phi) is 6.96. The molecule has 1 atom stereocenters. The summed E-state index contributed by atoms with van der Waals surface area (Å²) in [5.41, 5.74) is 4.73. The van der Waals surface area contributed by atoms with E-state index in [1.165, 1.54) is 0 Å². The molecular weight excluding hydrogens is 432 g/mol. The van der Waals surface area contributed by atoms with Crippen molar-refractivity contribution in [1.29, 1.82) is 5.26 Å². The first-order valence-electron chi connectivity index (χ1n) is 10.8. The number of nitrogens with zero attached hydrogens (tertiary/aromatic N) is 1. The number of carbonyl (C=O) groups excluding carboxylic acids is 2. The van der Waals surface area contributed by atoms with Crippen LogP contribution in [0.4, 0.5) is 11.4 Å². The van der Waals surface area contributed by atoms with Gasteiger partial charge in [0.2, 0.25) is 11.8 Å². The van der Waals surface area contributed by atoms with Gasteiger partial charge in [0.15, 0.2) is 0 Å². The van der Waals surface area contributed by atoms with Crippen LogP contribution in [0.3, 0.4) is 0 Å². The lowest BCUT2D eigenvalue weighted by molar-refractivity contribution is -0.122. The highest BCUT2D eigenvalue weighted by molar-refractivity contribution is 7.80. The number of rotatable bonds is 2. The normalized spacial score (nSPS) is 16.4. The van der Waals surface area contributed by atoms with Crippen molar-refractivity contribution >= 4 is 35.8 Å². The number of thiol groups is 1. The van der Waals surface area contributed by atoms with E-state index in [1.54, 1.807) is 24.3 Å². The SMILES string of the molecule is N#Cc1ccc(N[C@H]2C(=O)NCc3cc(ccc3S)NC(=O)CCCc3ccc2cc3)cc1. The van der Waals surface area contributed by atoms with E-state index in [9.17, 15) is 9.59 Å². The molecule has 2 aliphatic rings. The predicted molar refractivity (Wildman–Crippen MR) is 131 cm³/mol. The van der Waals surface area contributed by atoms with E-state index >= 15 is 0 Å². The lowest BCUT2D eigenvalue weighted by atomic mass is 10.0. The van der Waals surface area contributed by atoms with E-state index in [2.05, 4.69) is 34.6 Å². The van der Waals surface area contributed by atoms with Crippen molar-refractivity contribution in [2.75, 3.05) is 10.6 Å². The third-order valence-corrected chi connectivity index (χ3v) is 6.02. The second-order valence-electron chi connectivity index (χ2n) is 7.97. The highest BCUT2D eigenvalue weighted by Crippen LogP contribution is 2.24. The van der Waals surface area contributed by atoms with Crippen molar-refractivity contribution in [1.82, 2.24) is 5.32 Å². The number of benzene rings is 3. The Morgan fingerprint density at radius 3 is 2.45 bits per heavy atom. The molecule has 0 unspecified atom stereocenters. The summed E-state index contributed by atoms with van der Waals surface area (Å²) in [4.78, 5) is 26.3. The van der Waals surface area contributed by atoms with Gasteiger partial charge in [-0.15, -0.1) is 12.6 Å². The van der Waals surface area contributed by atoms with Crippen LogP contribution < -0.4 is 16.0 Å². The van der Waals surface area contributed by atoms with Gasteiger partial charge in [0, 0.05) is 29.2 Å². The van der Waals surface area contributed by atoms with Crippen molar-refractivity contribution < 1.29 is 9.59 Å². The van der Waals surface area contributed by atoms with E-state index in [0.717, 1.165) is 40.1 Å². The molecule has 4 bridgehead atoms. The van der Waals surface area contributed by atoms with Crippen molar-refractivity contribution in [2.24, 2.45) is 0 Å². The summed E-state index contributed by atoms with van der Waals surface area (Å²) in [7, 11) is 0. The van der Waals surface area contributed by atoms with Gasteiger partial charge in [-0.1, -0.05) is 24.3 Å². The Balaban J connectivity index is 1.64. The Bertz CT molecular complexity index is 1200. The molecule has 0 spiro atoms. The van der Waals surface area contributed by atoms with Crippen LogP contribution in [0.5, 0.6) is 0 Å². The molecule has 0 aromatic heterocycles. The number of fused-ring (bicyclic) bond motifs is 9. The maximum absolute atomic E-state index is 13.3. The van der Waals surface area contributed by atoms with Gasteiger partial charge < -0.3 is 16.0 Å². The topological polar surface area (TPSA) is 94.0 Å². The number of hydrogen-bond acceptors (Lipinski definition) is 5. The summed E-state index contributed by atoms with van der Waals surface area (Å²) in [6.07, 6.45) is 1.93. The zero-order valence-corrected chi connectivity index (χ0v) is 18.9. The fourth-order valence-electron chi connectivity index (χ4n) is 3.75. The number of aryl methyl sites for hydroxylation is 1. The minimum Gasteiger partial charge on any atom is -0.370 e. The predicted octanol–water partition coefficient (Wildman–Crippen LogP) is 4.59. The van der Waals surface area contributed by atoms with Crippen LogP contribution in [0.2, 0.25) is 0 Å². The van der Waals surface area contributed by atoms with Crippen LogP contribution in [0.25, 0.3) is 0 Å². The van der Waals surface area contributed by atoms with Crippen molar-refractivity contribution in [3.63, 3.8) is 0 Å². The van der Waals surface area contributed by atoms with Crippen molar-refractivity contribution in [3.05, 3.63) is 89.0 Å². The van der Waals surface area contributed by atoms with E-state index in [4.69, 9.17) is 5.26 Å². The van der Waals surface area contributed by atoms with Crippen LogP contribution in [-0.4, -0.2) is 11.8 Å². The smallest absolute Gasteiger partial charge is 0.247 e. The molecule has 3 aromatic carbocycles. The summed E-state index contributed by atoms with van der Waals surface area (Å²) in [5, 5.41) is 18.2. The van der Waals surface area contributed by atoms with Crippen LogP contribution in [0.15, 0.2) is 71.6 Å². The molecule has 6 nitrogen and oxygen atoms in total. The number of anilines is 2. The summed E-state index contributed by atoms with van der Waals surface area (Å²) in [6, 6.07) is 21.8. The first-order chi connectivity index (χ1) is 16.0. The third-order valence-electron chi connectivity index (χ3n) is 5.59. The lowest BCUT2D eigenvalue weighted by Crippen LogP contribution is -2.33. The number of hydrogen-bond donors (Lipinski definition) is 4. The van der Waals surface area contributed by atoms with Crippen LogP contribution in [0.1, 0.15) is 41.1 Å². The Hall–Kier alpha value is -3.76. The maximum Gasteiger partial charge on any atom is 0.247 e. The second-order valence-corrected chi connectivity index (χ2v) is 8.45. The number of amides is 2. The zero-order chi connectivity index (χ0) is 23.2. The molecule has 0 radical (unpaired) electrons. The van der Waals surface area contributed by atoms with Crippen LogP contribution in [0, 0.1) is 11.3 Å². The monoisotopic (exact) mass is 456 g/mol. The Morgan fingerprint density at radius 1 is 0.970 bits per heavy atom. The number of carbonyl (C=O) groups is 2. The molecule has 0 saturated carbocycles. The molecule has 7 heteroatoms. The number of nitriles is 1. The molecule has 5 rings (SSSR count). The minimum absolute atomic E-state index is 0.0349. The molecule has 33 heavy (non-hydrogen) atoms. The Labute approximate surface area is 198 Å². The fraction of sp³-hybridized carbons (Fsp3) is 0.192. The van der Waals surface area contributed by atoms with Gasteiger partial charge in [-0.25, -0.2) is 0 Å². The molecule has 2 heterocycles. The van der Waals surface area contributed by atoms with E-state index in [-0.39, 0.29) is 18.4 Å². The fourth-order valence-corrected chi connectivity index (χ4v) is 3.97. The van der Waals surface area contributed by atoms with Gasteiger partial charge in [0.1, 0.15) is 6.04 Å².